The highest BCUT2D eigenvalue weighted by Crippen LogP contribution is 2.31. The van der Waals surface area contributed by atoms with Gasteiger partial charge < -0.3 is 4.57 Å². The highest BCUT2D eigenvalue weighted by Gasteiger charge is 2.11. The lowest BCUT2D eigenvalue weighted by Gasteiger charge is -2.11. The highest BCUT2D eigenvalue weighted by molar-refractivity contribution is 9.10. The Morgan fingerprint density at radius 3 is 2.04 bits per heavy atom. The summed E-state index contributed by atoms with van der Waals surface area (Å²) in [5, 5.41) is 1.25. The van der Waals surface area contributed by atoms with Crippen molar-refractivity contribution in [1.82, 2.24) is 4.57 Å². The predicted octanol–water partition coefficient (Wildman–Crippen LogP) is 7.09. The Morgan fingerprint density at radius 1 is 0.708 bits per heavy atom. The quantitative estimate of drug-likeness (QED) is 0.351. The van der Waals surface area contributed by atoms with Crippen molar-refractivity contribution in [1.29, 1.82) is 0 Å². The molecule has 0 fully saturated rings. The fraction of sp³-hybridized carbons (Fsp3) is 0.0909. The first-order valence-electron chi connectivity index (χ1n) is 8.25. The fourth-order valence-corrected chi connectivity index (χ4v) is 3.11. The summed E-state index contributed by atoms with van der Waals surface area (Å²) in [7, 11) is 0. The molecule has 24 heavy (non-hydrogen) atoms. The molecule has 3 aromatic carbocycles. The van der Waals surface area contributed by atoms with Gasteiger partial charge in [0.15, 0.2) is 0 Å². The number of hydrogen-bond donors (Lipinski definition) is 0. The van der Waals surface area contributed by atoms with E-state index >= 15 is 0 Å². The number of aromatic nitrogens is 1. The maximum absolute atomic E-state index is 3.51. The van der Waals surface area contributed by atoms with Crippen molar-refractivity contribution in [2.45, 2.75) is 13.8 Å². The second kappa shape index (κ2) is 7.50. The van der Waals surface area contributed by atoms with E-state index in [2.05, 4.69) is 105 Å². The van der Waals surface area contributed by atoms with E-state index in [9.17, 15) is 0 Å². The minimum Gasteiger partial charge on any atom is -0.309 e. The molecule has 0 amide bonds. The second-order valence-electron chi connectivity index (χ2n) is 5.27. The molecule has 4 aromatic rings. The van der Waals surface area contributed by atoms with Crippen LogP contribution in [0.3, 0.4) is 0 Å². The minimum absolute atomic E-state index is 1.09. The van der Waals surface area contributed by atoms with E-state index in [4.69, 9.17) is 0 Å². The smallest absolute Gasteiger partial charge is 0.0540 e. The molecule has 0 aliphatic heterocycles. The average molecular weight is 378 g/mol. The molecule has 0 atom stereocenters. The van der Waals surface area contributed by atoms with Crippen molar-refractivity contribution < 1.29 is 0 Å². The molecule has 0 saturated heterocycles. The molecular formula is C22H20BrN. The van der Waals surface area contributed by atoms with Gasteiger partial charge in [0.2, 0.25) is 0 Å². The molecular weight excluding hydrogens is 358 g/mol. The van der Waals surface area contributed by atoms with Crippen LogP contribution in [0.5, 0.6) is 0 Å². The highest BCUT2D eigenvalue weighted by atomic mass is 79.9. The Labute approximate surface area is 151 Å². The van der Waals surface area contributed by atoms with Crippen LogP contribution in [0.1, 0.15) is 13.8 Å². The van der Waals surface area contributed by atoms with E-state index in [-0.39, 0.29) is 0 Å². The minimum atomic E-state index is 1.09. The third-order valence-electron chi connectivity index (χ3n) is 3.87. The lowest BCUT2D eigenvalue weighted by atomic mass is 10.1. The summed E-state index contributed by atoms with van der Waals surface area (Å²) in [6.45, 7) is 4.00. The van der Waals surface area contributed by atoms with Crippen LogP contribution in [0.15, 0.2) is 89.4 Å². The molecule has 0 unspecified atom stereocenters. The van der Waals surface area contributed by atoms with Crippen LogP contribution in [0.2, 0.25) is 0 Å². The molecule has 0 radical (unpaired) electrons. The largest absolute Gasteiger partial charge is 0.309 e. The number of nitrogens with zero attached hydrogens (tertiary/aromatic N) is 1. The summed E-state index contributed by atoms with van der Waals surface area (Å²) in [6, 6.07) is 29.7. The summed E-state index contributed by atoms with van der Waals surface area (Å²) < 4.78 is 3.41. The first-order valence-corrected chi connectivity index (χ1v) is 9.04. The van der Waals surface area contributed by atoms with Gasteiger partial charge in [-0.1, -0.05) is 78.3 Å². The van der Waals surface area contributed by atoms with E-state index in [0.717, 1.165) is 4.47 Å². The van der Waals surface area contributed by atoms with Gasteiger partial charge >= 0.3 is 0 Å². The molecule has 1 nitrogen and oxygen atoms in total. The monoisotopic (exact) mass is 377 g/mol. The zero-order valence-electron chi connectivity index (χ0n) is 13.9. The average Bonchev–Trinajstić information content (AvgIpc) is 3.04. The van der Waals surface area contributed by atoms with Gasteiger partial charge in [-0.2, -0.15) is 0 Å². The van der Waals surface area contributed by atoms with Crippen LogP contribution >= 0.6 is 15.9 Å². The Balaban J connectivity index is 0.000000815. The zero-order valence-corrected chi connectivity index (χ0v) is 15.5. The molecule has 0 bridgehead atoms. The molecule has 1 heterocycles. The Morgan fingerprint density at radius 2 is 1.33 bits per heavy atom. The Hall–Kier alpha value is -2.32. The molecule has 2 heteroatoms. The van der Waals surface area contributed by atoms with E-state index in [0.29, 0.717) is 0 Å². The molecule has 0 N–H and O–H groups in total. The maximum atomic E-state index is 3.51. The van der Waals surface area contributed by atoms with Crippen molar-refractivity contribution in [3.8, 4) is 16.9 Å². The number of benzene rings is 3. The van der Waals surface area contributed by atoms with Crippen LogP contribution < -0.4 is 0 Å². The maximum Gasteiger partial charge on any atom is 0.0540 e. The zero-order chi connectivity index (χ0) is 16.9. The summed E-state index contributed by atoms with van der Waals surface area (Å²) >= 11 is 3.51. The van der Waals surface area contributed by atoms with E-state index in [1.165, 1.54) is 27.8 Å². The van der Waals surface area contributed by atoms with Crippen LogP contribution in [0.25, 0.3) is 27.8 Å². The fourth-order valence-electron chi connectivity index (χ4n) is 2.84. The molecule has 4 rings (SSSR count). The number of para-hydroxylation sites is 1. The summed E-state index contributed by atoms with van der Waals surface area (Å²) in [5.41, 5.74) is 4.83. The van der Waals surface area contributed by atoms with Gasteiger partial charge in [0.1, 0.15) is 0 Å². The predicted molar refractivity (Wildman–Crippen MR) is 108 cm³/mol. The van der Waals surface area contributed by atoms with Crippen molar-refractivity contribution in [3.05, 3.63) is 89.4 Å². The molecule has 0 aliphatic carbocycles. The van der Waals surface area contributed by atoms with Crippen LogP contribution in [-0.4, -0.2) is 4.57 Å². The normalized spacial score (nSPS) is 10.3. The third kappa shape index (κ3) is 3.15. The molecule has 0 spiro atoms. The molecule has 0 aliphatic rings. The first-order chi connectivity index (χ1) is 11.8. The summed E-state index contributed by atoms with van der Waals surface area (Å²) in [6.07, 6.45) is 0. The van der Waals surface area contributed by atoms with E-state index < -0.39 is 0 Å². The number of rotatable bonds is 2. The Bertz CT molecular complexity index is 921. The van der Waals surface area contributed by atoms with Crippen molar-refractivity contribution in [3.63, 3.8) is 0 Å². The van der Waals surface area contributed by atoms with Crippen LogP contribution in [0.4, 0.5) is 0 Å². The van der Waals surface area contributed by atoms with Gasteiger partial charge in [-0.05, 0) is 42.0 Å². The molecule has 120 valence electrons. The van der Waals surface area contributed by atoms with Gasteiger partial charge in [-0.3, -0.25) is 0 Å². The van der Waals surface area contributed by atoms with Crippen molar-refractivity contribution >= 4 is 26.8 Å². The van der Waals surface area contributed by atoms with Crippen molar-refractivity contribution in [2.24, 2.45) is 0 Å². The molecule has 0 saturated carbocycles. The van der Waals surface area contributed by atoms with Gasteiger partial charge in [-0.15, -0.1) is 0 Å². The van der Waals surface area contributed by atoms with Crippen molar-refractivity contribution in [2.75, 3.05) is 0 Å². The summed E-state index contributed by atoms with van der Waals surface area (Å²) in [4.78, 5) is 0. The third-order valence-corrected chi connectivity index (χ3v) is 4.39. The van der Waals surface area contributed by atoms with Gasteiger partial charge in [-0.25, -0.2) is 0 Å². The van der Waals surface area contributed by atoms with E-state index in [1.807, 2.05) is 13.8 Å². The lowest BCUT2D eigenvalue weighted by Crippen LogP contribution is -1.96. The van der Waals surface area contributed by atoms with Gasteiger partial charge in [0.05, 0.1) is 11.2 Å². The second-order valence-corrected chi connectivity index (χ2v) is 6.18. The number of hydrogen-bond acceptors (Lipinski definition) is 0. The topological polar surface area (TPSA) is 4.93 Å². The van der Waals surface area contributed by atoms with Gasteiger partial charge in [0.25, 0.3) is 0 Å². The number of halogens is 1. The SMILES string of the molecule is Brc1ccc(-n2c(-c3ccccc3)cc3ccccc32)cc1.CC. The standard InChI is InChI=1S/C20H14BrN.C2H6/c21-17-10-12-18(13-11-17)22-19-9-5-4-8-16(19)14-20(22)15-6-2-1-3-7-15;1-2/h1-14H;1-2H3. The lowest BCUT2D eigenvalue weighted by molar-refractivity contribution is 1.13. The van der Waals surface area contributed by atoms with E-state index in [1.54, 1.807) is 0 Å². The Kier molecular flexibility index (Phi) is 5.17. The first kappa shape index (κ1) is 16.5. The van der Waals surface area contributed by atoms with Crippen LogP contribution in [-0.2, 0) is 0 Å². The van der Waals surface area contributed by atoms with Gasteiger partial charge in [0, 0.05) is 15.5 Å². The number of fused-ring (bicyclic) bond motifs is 1. The van der Waals surface area contributed by atoms with Crippen LogP contribution in [0, 0.1) is 0 Å². The summed E-state index contributed by atoms with van der Waals surface area (Å²) in [5.74, 6) is 0. The molecule has 1 aromatic heterocycles.